The van der Waals surface area contributed by atoms with E-state index in [-0.39, 0.29) is 11.4 Å². The van der Waals surface area contributed by atoms with E-state index in [1.165, 1.54) is 19.1 Å². The summed E-state index contributed by atoms with van der Waals surface area (Å²) < 4.78 is 23.5. The minimum Gasteiger partial charge on any atom is -0.353 e. The van der Waals surface area contributed by atoms with E-state index in [2.05, 4.69) is 29.6 Å². The molecule has 6 nitrogen and oxygen atoms in total. The molecule has 140 valence electrons. The molecule has 1 aliphatic heterocycles. The Morgan fingerprint density at radius 3 is 2.04 bits per heavy atom. The van der Waals surface area contributed by atoms with Crippen LogP contribution in [0.1, 0.15) is 51.4 Å². The van der Waals surface area contributed by atoms with Gasteiger partial charge in [-0.2, -0.15) is 0 Å². The number of hydrogen-bond acceptors (Lipinski definition) is 5. The summed E-state index contributed by atoms with van der Waals surface area (Å²) in [4.78, 5) is 15.1. The Bertz CT molecular complexity index is 531. The Morgan fingerprint density at radius 1 is 1.04 bits per heavy atom. The number of rotatable bonds is 5. The molecule has 0 radical (unpaired) electrons. The first kappa shape index (κ1) is 19.7. The first-order chi connectivity index (χ1) is 11.2. The van der Waals surface area contributed by atoms with Gasteiger partial charge in [0.1, 0.15) is 0 Å². The maximum atomic E-state index is 12.9. The highest BCUT2D eigenvalue weighted by atomic mass is 32.2. The normalized spacial score (nSPS) is 24.3. The number of nitrogens with zero attached hydrogens (tertiary/aromatic N) is 1. The number of sulfone groups is 1. The van der Waals surface area contributed by atoms with Gasteiger partial charge in [0.15, 0.2) is 14.6 Å². The molecule has 2 rings (SSSR count). The second-order valence-electron chi connectivity index (χ2n) is 7.73. The van der Waals surface area contributed by atoms with Gasteiger partial charge in [-0.3, -0.25) is 4.79 Å². The average molecular weight is 360 g/mol. The summed E-state index contributed by atoms with van der Waals surface area (Å²) in [6, 6.07) is 0. The van der Waals surface area contributed by atoms with Crippen LogP contribution < -0.4 is 10.6 Å². The summed E-state index contributed by atoms with van der Waals surface area (Å²) in [5.41, 5.74) is -0.0578. The SMILES string of the molecule is CN(C)C1(CNC(=O)C2(S(C)(=O)=O)CCNCC2)CCCCCC1. The van der Waals surface area contributed by atoms with E-state index < -0.39 is 14.6 Å². The summed E-state index contributed by atoms with van der Waals surface area (Å²) in [6.45, 7) is 1.67. The Labute approximate surface area is 146 Å². The molecule has 7 heteroatoms. The maximum Gasteiger partial charge on any atom is 0.241 e. The van der Waals surface area contributed by atoms with Crippen LogP contribution in [0.5, 0.6) is 0 Å². The third kappa shape index (κ3) is 3.94. The highest BCUT2D eigenvalue weighted by molar-refractivity contribution is 7.92. The van der Waals surface area contributed by atoms with Crippen LogP contribution in [-0.4, -0.2) is 69.5 Å². The summed E-state index contributed by atoms with van der Waals surface area (Å²) >= 11 is 0. The van der Waals surface area contributed by atoms with E-state index in [0.717, 1.165) is 25.7 Å². The molecular formula is C17H33N3O3S. The average Bonchev–Trinajstić information content (AvgIpc) is 2.79. The minimum atomic E-state index is -3.45. The number of nitrogens with one attached hydrogen (secondary N) is 2. The molecule has 1 amide bonds. The van der Waals surface area contributed by atoms with Crippen molar-refractivity contribution in [3.05, 3.63) is 0 Å². The van der Waals surface area contributed by atoms with Crippen LogP contribution in [0.2, 0.25) is 0 Å². The van der Waals surface area contributed by atoms with Gasteiger partial charge >= 0.3 is 0 Å². The quantitative estimate of drug-likeness (QED) is 0.714. The van der Waals surface area contributed by atoms with Crippen molar-refractivity contribution >= 4 is 15.7 Å². The molecule has 0 aromatic heterocycles. The highest BCUT2D eigenvalue weighted by Crippen LogP contribution is 2.32. The van der Waals surface area contributed by atoms with E-state index in [0.29, 0.717) is 32.5 Å². The largest absolute Gasteiger partial charge is 0.353 e. The van der Waals surface area contributed by atoms with Gasteiger partial charge in [-0.15, -0.1) is 0 Å². The number of amides is 1. The molecule has 0 unspecified atom stereocenters. The first-order valence-electron chi connectivity index (χ1n) is 9.10. The fourth-order valence-electron chi connectivity index (χ4n) is 4.17. The maximum absolute atomic E-state index is 12.9. The molecular weight excluding hydrogens is 326 g/mol. The molecule has 24 heavy (non-hydrogen) atoms. The molecule has 2 N–H and O–H groups in total. The molecule has 0 spiro atoms. The fraction of sp³-hybridized carbons (Fsp3) is 0.941. The summed E-state index contributed by atoms with van der Waals surface area (Å²) in [7, 11) is 0.675. The lowest BCUT2D eigenvalue weighted by Crippen LogP contribution is -2.60. The van der Waals surface area contributed by atoms with Crippen molar-refractivity contribution in [2.24, 2.45) is 0 Å². The van der Waals surface area contributed by atoms with Crippen LogP contribution in [0.3, 0.4) is 0 Å². The van der Waals surface area contributed by atoms with E-state index in [4.69, 9.17) is 0 Å². The lowest BCUT2D eigenvalue weighted by molar-refractivity contribution is -0.125. The van der Waals surface area contributed by atoms with Crippen LogP contribution in [0.25, 0.3) is 0 Å². The van der Waals surface area contributed by atoms with Crippen LogP contribution in [-0.2, 0) is 14.6 Å². The van der Waals surface area contributed by atoms with Gasteiger partial charge in [-0.05, 0) is 52.9 Å². The smallest absolute Gasteiger partial charge is 0.241 e. The third-order valence-electron chi connectivity index (χ3n) is 6.10. The monoisotopic (exact) mass is 359 g/mol. The summed E-state index contributed by atoms with van der Waals surface area (Å²) in [5, 5.41) is 6.19. The zero-order valence-electron chi connectivity index (χ0n) is 15.4. The molecule has 1 aliphatic carbocycles. The second-order valence-corrected chi connectivity index (χ2v) is 10.1. The van der Waals surface area contributed by atoms with Crippen molar-refractivity contribution in [2.45, 2.75) is 61.7 Å². The first-order valence-corrected chi connectivity index (χ1v) is 11.0. The van der Waals surface area contributed by atoms with Crippen LogP contribution in [0, 0.1) is 0 Å². The van der Waals surface area contributed by atoms with E-state index in [9.17, 15) is 13.2 Å². The highest BCUT2D eigenvalue weighted by Gasteiger charge is 2.49. The number of piperidine rings is 1. The lowest BCUT2D eigenvalue weighted by Gasteiger charge is -2.41. The van der Waals surface area contributed by atoms with Crippen molar-refractivity contribution in [1.29, 1.82) is 0 Å². The van der Waals surface area contributed by atoms with Crippen molar-refractivity contribution in [3.63, 3.8) is 0 Å². The van der Waals surface area contributed by atoms with Crippen molar-refractivity contribution in [2.75, 3.05) is 40.0 Å². The molecule has 0 bridgehead atoms. The van der Waals surface area contributed by atoms with Gasteiger partial charge in [0.25, 0.3) is 0 Å². The van der Waals surface area contributed by atoms with Gasteiger partial charge in [0, 0.05) is 18.3 Å². The van der Waals surface area contributed by atoms with Crippen LogP contribution in [0.15, 0.2) is 0 Å². The van der Waals surface area contributed by atoms with Gasteiger partial charge in [0.05, 0.1) is 0 Å². The summed E-state index contributed by atoms with van der Waals surface area (Å²) in [6.07, 6.45) is 8.81. The number of carbonyl (C=O) groups excluding carboxylic acids is 1. The molecule has 1 saturated carbocycles. The second kappa shape index (κ2) is 7.70. The predicted molar refractivity (Wildman–Crippen MR) is 96.8 cm³/mol. The Morgan fingerprint density at radius 2 is 1.58 bits per heavy atom. The minimum absolute atomic E-state index is 0.0578. The van der Waals surface area contributed by atoms with Crippen molar-refractivity contribution in [1.82, 2.24) is 15.5 Å². The van der Waals surface area contributed by atoms with Gasteiger partial charge in [-0.1, -0.05) is 25.7 Å². The van der Waals surface area contributed by atoms with Crippen LogP contribution >= 0.6 is 0 Å². The molecule has 0 aromatic carbocycles. The van der Waals surface area contributed by atoms with Crippen LogP contribution in [0.4, 0.5) is 0 Å². The zero-order valence-corrected chi connectivity index (χ0v) is 16.2. The van der Waals surface area contributed by atoms with Gasteiger partial charge in [0.2, 0.25) is 5.91 Å². The molecule has 2 fully saturated rings. The van der Waals surface area contributed by atoms with E-state index >= 15 is 0 Å². The van der Waals surface area contributed by atoms with E-state index in [1.807, 2.05) is 0 Å². The topological polar surface area (TPSA) is 78.5 Å². The number of carbonyl (C=O) groups is 1. The number of likely N-dealkylation sites (N-methyl/N-ethyl adjacent to an activating group) is 1. The van der Waals surface area contributed by atoms with Crippen molar-refractivity contribution in [3.8, 4) is 0 Å². The molecule has 0 aromatic rings. The Kier molecular flexibility index (Phi) is 6.31. The molecule has 1 heterocycles. The molecule has 0 atom stereocenters. The number of hydrogen-bond donors (Lipinski definition) is 2. The molecule has 2 aliphatic rings. The van der Waals surface area contributed by atoms with Gasteiger partial charge in [-0.25, -0.2) is 8.42 Å². The fourth-order valence-corrected chi connectivity index (χ4v) is 5.53. The Balaban J connectivity index is 2.14. The third-order valence-corrected chi connectivity index (χ3v) is 8.11. The molecule has 1 saturated heterocycles. The lowest BCUT2D eigenvalue weighted by atomic mass is 9.88. The zero-order chi connectivity index (χ0) is 17.8. The van der Waals surface area contributed by atoms with Crippen molar-refractivity contribution < 1.29 is 13.2 Å². The standard InChI is InChI=1S/C17H33N3O3S/c1-20(2)16(8-6-4-5-7-9-16)14-19-15(21)17(24(3,22)23)10-12-18-13-11-17/h18H,4-14H2,1-3H3,(H,19,21). The Hall–Kier alpha value is -0.660. The summed E-state index contributed by atoms with van der Waals surface area (Å²) in [5.74, 6) is -0.308. The predicted octanol–water partition coefficient (Wildman–Crippen LogP) is 0.924. The van der Waals surface area contributed by atoms with E-state index in [1.54, 1.807) is 0 Å². The van der Waals surface area contributed by atoms with Gasteiger partial charge < -0.3 is 15.5 Å².